The molecule has 1 fully saturated rings. The third kappa shape index (κ3) is 4.70. The fourth-order valence-electron chi connectivity index (χ4n) is 4.56. The molecule has 8 nitrogen and oxygen atoms in total. The third-order valence-corrected chi connectivity index (χ3v) is 7.74. The maximum atomic E-state index is 15.2. The molecule has 0 spiro atoms. The number of anilines is 1. The van der Waals surface area contributed by atoms with E-state index in [9.17, 15) is 26.4 Å². The summed E-state index contributed by atoms with van der Waals surface area (Å²) in [5.41, 5.74) is -0.133. The van der Waals surface area contributed by atoms with Gasteiger partial charge in [0.25, 0.3) is 15.6 Å². The molecule has 2 aromatic heterocycles. The summed E-state index contributed by atoms with van der Waals surface area (Å²) in [5.74, 6) is -2.59. The van der Waals surface area contributed by atoms with E-state index in [0.717, 1.165) is 0 Å². The van der Waals surface area contributed by atoms with Gasteiger partial charge in [0, 0.05) is 30.3 Å². The van der Waals surface area contributed by atoms with Crippen LogP contribution in [0, 0.1) is 11.8 Å². The highest BCUT2D eigenvalue weighted by Gasteiger charge is 2.58. The van der Waals surface area contributed by atoms with E-state index in [2.05, 4.69) is 14.7 Å². The number of rotatable bonds is 6. The zero-order valence-corrected chi connectivity index (χ0v) is 20.1. The van der Waals surface area contributed by atoms with Crippen molar-refractivity contribution in [3.8, 4) is 0 Å². The van der Waals surface area contributed by atoms with E-state index in [-0.39, 0.29) is 46.2 Å². The predicted octanol–water partition coefficient (Wildman–Crippen LogP) is 4.27. The molecule has 1 unspecified atom stereocenters. The van der Waals surface area contributed by atoms with Crippen LogP contribution >= 0.6 is 0 Å². The van der Waals surface area contributed by atoms with Crippen LogP contribution in [0.5, 0.6) is 0 Å². The second-order valence-electron chi connectivity index (χ2n) is 8.73. The number of fused-ring (bicyclic) bond motifs is 1. The van der Waals surface area contributed by atoms with Crippen LogP contribution in [0.3, 0.4) is 0 Å². The summed E-state index contributed by atoms with van der Waals surface area (Å²) in [4.78, 5) is 20.4. The second-order valence-corrected chi connectivity index (χ2v) is 10.4. The molecule has 1 aromatic carbocycles. The topological polar surface area (TPSA) is 103 Å². The number of methoxy groups -OCH3 is 1. The zero-order chi connectivity index (χ0) is 26.5. The lowest BCUT2D eigenvalue weighted by molar-refractivity contribution is -0.150. The van der Waals surface area contributed by atoms with E-state index in [1.54, 1.807) is 0 Å². The van der Waals surface area contributed by atoms with Gasteiger partial charge < -0.3 is 4.74 Å². The first-order valence-electron chi connectivity index (χ1n) is 11.1. The smallest absolute Gasteiger partial charge is 0.392 e. The van der Waals surface area contributed by atoms with E-state index in [1.165, 1.54) is 66.5 Å². The minimum absolute atomic E-state index is 0.00112. The van der Waals surface area contributed by atoms with E-state index in [0.29, 0.717) is 5.39 Å². The van der Waals surface area contributed by atoms with Crippen molar-refractivity contribution in [1.82, 2.24) is 14.5 Å². The maximum absolute atomic E-state index is 15.2. The van der Waals surface area contributed by atoms with Crippen molar-refractivity contribution in [2.45, 2.75) is 30.1 Å². The van der Waals surface area contributed by atoms with Crippen molar-refractivity contribution < 1.29 is 30.7 Å². The summed E-state index contributed by atoms with van der Waals surface area (Å²) < 4.78 is 88.8. The number of ether oxygens (including phenoxy) is 1. The van der Waals surface area contributed by atoms with Gasteiger partial charge >= 0.3 is 6.18 Å². The molecule has 13 heteroatoms. The Bertz CT molecular complexity index is 1600. The van der Waals surface area contributed by atoms with Gasteiger partial charge in [-0.2, -0.15) is 13.2 Å². The first-order valence-corrected chi connectivity index (χ1v) is 12.6. The van der Waals surface area contributed by atoms with Gasteiger partial charge in [0.2, 0.25) is 5.95 Å². The van der Waals surface area contributed by atoms with Crippen molar-refractivity contribution in [2.75, 3.05) is 11.8 Å². The van der Waals surface area contributed by atoms with Gasteiger partial charge in [0.15, 0.2) is 0 Å². The molecule has 3 atom stereocenters. The summed E-state index contributed by atoms with van der Waals surface area (Å²) in [6.45, 7) is 0. The molecule has 194 valence electrons. The molecular formula is C24H20F4N4O4S. The summed E-state index contributed by atoms with van der Waals surface area (Å²) >= 11 is 0. The molecule has 0 saturated heterocycles. The highest BCUT2D eigenvalue weighted by Crippen LogP contribution is 2.56. The molecule has 1 saturated carbocycles. The van der Waals surface area contributed by atoms with Crippen molar-refractivity contribution in [3.63, 3.8) is 0 Å². The number of hydrogen-bond acceptors (Lipinski definition) is 6. The van der Waals surface area contributed by atoms with Crippen LogP contribution in [0.2, 0.25) is 0 Å². The lowest BCUT2D eigenvalue weighted by atomic mass is 9.94. The number of pyridine rings is 1. The molecule has 0 radical (unpaired) electrons. The normalized spacial score (nSPS) is 22.1. The molecule has 2 aliphatic rings. The summed E-state index contributed by atoms with van der Waals surface area (Å²) in [6.07, 6.45) is -2.71. The Labute approximate surface area is 208 Å². The van der Waals surface area contributed by atoms with Gasteiger partial charge in [-0.3, -0.25) is 9.36 Å². The quantitative estimate of drug-likeness (QED) is 0.472. The Morgan fingerprint density at radius 2 is 1.86 bits per heavy atom. The van der Waals surface area contributed by atoms with Crippen molar-refractivity contribution >= 4 is 32.6 Å². The monoisotopic (exact) mass is 536 g/mol. The molecule has 3 aromatic rings. The minimum Gasteiger partial charge on any atom is -0.495 e. The summed E-state index contributed by atoms with van der Waals surface area (Å²) in [7, 11) is -2.78. The van der Waals surface area contributed by atoms with Gasteiger partial charge in [-0.15, -0.1) is 0 Å². The Kier molecular flexibility index (Phi) is 6.05. The van der Waals surface area contributed by atoms with Gasteiger partial charge in [-0.05, 0) is 54.3 Å². The Morgan fingerprint density at radius 3 is 2.51 bits per heavy atom. The van der Waals surface area contributed by atoms with Crippen LogP contribution in [0.15, 0.2) is 75.9 Å². The number of benzene rings is 1. The van der Waals surface area contributed by atoms with Crippen molar-refractivity contribution in [2.24, 2.45) is 11.8 Å². The molecule has 1 N–H and O–H groups in total. The second kappa shape index (κ2) is 8.98. The first-order chi connectivity index (χ1) is 17.5. The van der Waals surface area contributed by atoms with E-state index < -0.39 is 39.8 Å². The van der Waals surface area contributed by atoms with Crippen LogP contribution in [0.1, 0.15) is 12.8 Å². The minimum atomic E-state index is -4.41. The molecule has 2 aliphatic carbocycles. The average Bonchev–Trinajstić information content (AvgIpc) is 3.65. The number of aromatic nitrogens is 3. The van der Waals surface area contributed by atoms with Crippen LogP contribution in [-0.2, 0) is 14.8 Å². The molecule has 2 heterocycles. The fraction of sp³-hybridized carbons (Fsp3) is 0.292. The SMILES string of the molecule is COC1=C(n2c(=O)ccc3cc(S(=O)(=O)Nc4ncccn4)ccc32)CC(F)C([C@@H]2C[C@H]2C(F)(F)F)=C1. The van der Waals surface area contributed by atoms with E-state index in [1.807, 2.05) is 0 Å². The zero-order valence-electron chi connectivity index (χ0n) is 19.2. The van der Waals surface area contributed by atoms with Crippen LogP contribution in [0.25, 0.3) is 16.6 Å². The Morgan fingerprint density at radius 1 is 1.14 bits per heavy atom. The van der Waals surface area contributed by atoms with Gasteiger partial charge in [-0.1, -0.05) is 0 Å². The number of halogens is 4. The molecule has 37 heavy (non-hydrogen) atoms. The van der Waals surface area contributed by atoms with Crippen LogP contribution < -0.4 is 10.3 Å². The van der Waals surface area contributed by atoms with Gasteiger partial charge in [0.05, 0.1) is 29.1 Å². The average molecular weight is 537 g/mol. The predicted molar refractivity (Wildman–Crippen MR) is 127 cm³/mol. The van der Waals surface area contributed by atoms with E-state index >= 15 is 4.39 Å². The number of nitrogens with one attached hydrogen (secondary N) is 1. The Balaban J connectivity index is 1.56. The van der Waals surface area contributed by atoms with E-state index in [4.69, 9.17) is 4.74 Å². The highest BCUT2D eigenvalue weighted by atomic mass is 32.2. The number of alkyl halides is 4. The number of sulfonamides is 1. The largest absolute Gasteiger partial charge is 0.495 e. The molecule has 0 bridgehead atoms. The Hall–Kier alpha value is -3.74. The molecular weight excluding hydrogens is 516 g/mol. The van der Waals surface area contributed by atoms with Crippen molar-refractivity contribution in [3.05, 3.63) is 76.6 Å². The fourth-order valence-corrected chi connectivity index (χ4v) is 5.55. The van der Waals surface area contributed by atoms with Crippen molar-refractivity contribution in [1.29, 1.82) is 0 Å². The standard InChI is InChI=1S/C24H20F4N4O4S/c1-36-21-11-16(15-10-17(15)24(26,27)28)18(25)12-20(21)32-19-5-4-14(9-13(19)3-6-22(32)33)37(34,35)31-23-29-7-2-8-30-23/h2-9,11,15,17-18H,10,12H2,1H3,(H,29,30,31)/t15-,17+,18?/m0/s1. The van der Waals surface area contributed by atoms with Gasteiger partial charge in [-0.25, -0.2) is 27.5 Å². The summed E-state index contributed by atoms with van der Waals surface area (Å²) in [6, 6.07) is 8.14. The van der Waals surface area contributed by atoms with Crippen LogP contribution in [0.4, 0.5) is 23.5 Å². The number of allylic oxidation sites excluding steroid dienone is 3. The van der Waals surface area contributed by atoms with Crippen LogP contribution in [-0.4, -0.2) is 42.4 Å². The lowest BCUT2D eigenvalue weighted by Crippen LogP contribution is -2.25. The molecule has 0 aliphatic heterocycles. The number of nitrogens with zero attached hydrogens (tertiary/aromatic N) is 3. The molecule has 5 rings (SSSR count). The molecule has 0 amide bonds. The lowest BCUT2D eigenvalue weighted by Gasteiger charge is -2.25. The maximum Gasteiger partial charge on any atom is 0.392 e. The summed E-state index contributed by atoms with van der Waals surface area (Å²) in [5, 5.41) is 0.351. The first kappa shape index (κ1) is 24.9. The van der Waals surface area contributed by atoms with Gasteiger partial charge in [0.1, 0.15) is 11.9 Å². The highest BCUT2D eigenvalue weighted by molar-refractivity contribution is 7.92. The third-order valence-electron chi connectivity index (χ3n) is 6.41. The number of hydrogen-bond donors (Lipinski definition) is 1.